The van der Waals surface area contributed by atoms with Crippen molar-refractivity contribution in [2.75, 3.05) is 13.1 Å². The van der Waals surface area contributed by atoms with Gasteiger partial charge in [-0.2, -0.15) is 0 Å². The molecule has 0 saturated carbocycles. The van der Waals surface area contributed by atoms with Gasteiger partial charge in [-0.25, -0.2) is 0 Å². The molecule has 0 radical (unpaired) electrons. The number of hydrogen-bond acceptors (Lipinski definition) is 3. The van der Waals surface area contributed by atoms with E-state index >= 15 is 0 Å². The number of nitrogens with zero attached hydrogens (tertiary/aromatic N) is 1. The largest absolute Gasteiger partial charge is 0.317 e. The first-order valence-electron chi connectivity index (χ1n) is 6.09. The van der Waals surface area contributed by atoms with E-state index < -0.39 is 0 Å². The van der Waals surface area contributed by atoms with Crippen molar-refractivity contribution in [3.8, 4) is 0 Å². The van der Waals surface area contributed by atoms with Crippen LogP contribution in [0.5, 0.6) is 0 Å². The van der Waals surface area contributed by atoms with Crippen LogP contribution in [-0.4, -0.2) is 18.0 Å². The zero-order valence-electron chi connectivity index (χ0n) is 10.9. The number of rotatable bonds is 5. The predicted molar refractivity (Wildman–Crippen MR) is 71.3 cm³/mol. The van der Waals surface area contributed by atoms with Crippen LogP contribution in [0.3, 0.4) is 0 Å². The maximum atomic E-state index is 10.3. The summed E-state index contributed by atoms with van der Waals surface area (Å²) in [5, 5.41) is 13.5. The van der Waals surface area contributed by atoms with E-state index in [1.54, 1.807) is 12.1 Å². The molecule has 0 saturated heterocycles. The minimum absolute atomic E-state index is 0.171. The van der Waals surface area contributed by atoms with Crippen molar-refractivity contribution in [1.82, 2.24) is 5.32 Å². The molecule has 96 valence electrons. The Bertz CT molecular complexity index is 323. The van der Waals surface area contributed by atoms with Gasteiger partial charge < -0.3 is 5.32 Å². The van der Waals surface area contributed by atoms with E-state index in [2.05, 4.69) is 19.2 Å². The monoisotopic (exact) mass is 238 g/mol. The lowest BCUT2D eigenvalue weighted by atomic mass is 10.1. The Morgan fingerprint density at radius 2 is 2.00 bits per heavy atom. The van der Waals surface area contributed by atoms with E-state index in [1.807, 2.05) is 13.0 Å². The lowest BCUT2D eigenvalue weighted by Gasteiger charge is -1.94. The Morgan fingerprint density at radius 3 is 2.41 bits per heavy atom. The van der Waals surface area contributed by atoms with Gasteiger partial charge in [-0.3, -0.25) is 10.1 Å². The fraction of sp³-hybridized carbons (Fsp3) is 0.538. The molecule has 4 nitrogen and oxygen atoms in total. The van der Waals surface area contributed by atoms with Crippen LogP contribution in [-0.2, 0) is 6.42 Å². The average Bonchev–Trinajstić information content (AvgIpc) is 2.37. The van der Waals surface area contributed by atoms with Gasteiger partial charge in [-0.05, 0) is 31.5 Å². The fourth-order valence-corrected chi connectivity index (χ4v) is 1.24. The second-order valence-corrected chi connectivity index (χ2v) is 3.63. The molecule has 0 amide bonds. The molecule has 4 heteroatoms. The first-order valence-corrected chi connectivity index (χ1v) is 6.09. The van der Waals surface area contributed by atoms with E-state index in [0.29, 0.717) is 0 Å². The maximum Gasteiger partial charge on any atom is 0.269 e. The van der Waals surface area contributed by atoms with Gasteiger partial charge in [-0.1, -0.05) is 32.9 Å². The van der Waals surface area contributed by atoms with Crippen molar-refractivity contribution in [3.63, 3.8) is 0 Å². The lowest BCUT2D eigenvalue weighted by molar-refractivity contribution is -0.384. The van der Waals surface area contributed by atoms with Gasteiger partial charge in [-0.15, -0.1) is 0 Å². The van der Waals surface area contributed by atoms with E-state index in [0.717, 1.165) is 25.1 Å². The molecule has 17 heavy (non-hydrogen) atoms. The predicted octanol–water partition coefficient (Wildman–Crippen LogP) is 3.16. The fourth-order valence-electron chi connectivity index (χ4n) is 1.24. The molecule has 1 aromatic carbocycles. The van der Waals surface area contributed by atoms with Crippen molar-refractivity contribution >= 4 is 5.69 Å². The second-order valence-electron chi connectivity index (χ2n) is 3.63. The zero-order valence-corrected chi connectivity index (χ0v) is 10.9. The molecule has 0 heterocycles. The number of aryl methyl sites for hydroxylation is 1. The number of benzene rings is 1. The number of nitrogens with one attached hydrogen (secondary N) is 1. The summed E-state index contributed by atoms with van der Waals surface area (Å²) in [5.41, 5.74) is 1.17. The highest BCUT2D eigenvalue weighted by atomic mass is 16.6. The first kappa shape index (κ1) is 15.6. The van der Waals surface area contributed by atoms with Gasteiger partial charge in [0, 0.05) is 12.1 Å². The van der Waals surface area contributed by atoms with Crippen molar-refractivity contribution in [1.29, 1.82) is 0 Å². The van der Waals surface area contributed by atoms with Crippen LogP contribution < -0.4 is 5.32 Å². The van der Waals surface area contributed by atoms with Crippen molar-refractivity contribution in [3.05, 3.63) is 39.9 Å². The normalized spacial score (nSPS) is 9.35. The van der Waals surface area contributed by atoms with Crippen molar-refractivity contribution < 1.29 is 4.92 Å². The van der Waals surface area contributed by atoms with Gasteiger partial charge in [0.25, 0.3) is 5.69 Å². The number of non-ortho nitro benzene ring substituents is 1. The van der Waals surface area contributed by atoms with Crippen LogP contribution in [0.4, 0.5) is 5.69 Å². The molecule has 0 aliphatic carbocycles. The molecule has 0 aliphatic heterocycles. The van der Waals surface area contributed by atoms with Crippen molar-refractivity contribution in [2.24, 2.45) is 0 Å². The summed E-state index contributed by atoms with van der Waals surface area (Å²) in [5.74, 6) is 0. The molecule has 0 bridgehead atoms. The van der Waals surface area contributed by atoms with E-state index in [-0.39, 0.29) is 10.6 Å². The number of hydrogen-bond donors (Lipinski definition) is 1. The third kappa shape index (κ3) is 7.47. The molecular formula is C13H22N2O2. The minimum atomic E-state index is -0.376. The topological polar surface area (TPSA) is 55.2 Å². The van der Waals surface area contributed by atoms with Crippen LogP contribution in [0.15, 0.2) is 24.3 Å². The molecule has 0 unspecified atom stereocenters. The van der Waals surface area contributed by atoms with Gasteiger partial charge in [0.05, 0.1) is 4.92 Å². The van der Waals surface area contributed by atoms with Gasteiger partial charge >= 0.3 is 0 Å². The number of nitro benzene ring substituents is 1. The Kier molecular flexibility index (Phi) is 8.96. The highest BCUT2D eigenvalue weighted by Gasteiger charge is 2.03. The quantitative estimate of drug-likeness (QED) is 0.487. The van der Waals surface area contributed by atoms with Crippen LogP contribution in [0.2, 0.25) is 0 Å². The Morgan fingerprint density at radius 1 is 1.29 bits per heavy atom. The second kappa shape index (κ2) is 9.78. The SMILES string of the molecule is CCCNCC.CCc1cccc([N+](=O)[O-])c1. The minimum Gasteiger partial charge on any atom is -0.317 e. The maximum absolute atomic E-state index is 10.3. The summed E-state index contributed by atoms with van der Waals surface area (Å²) in [6.45, 7) is 8.53. The molecule has 0 fully saturated rings. The summed E-state index contributed by atoms with van der Waals surface area (Å²) in [6, 6.07) is 6.68. The summed E-state index contributed by atoms with van der Waals surface area (Å²) in [6.07, 6.45) is 2.08. The highest BCUT2D eigenvalue weighted by molar-refractivity contribution is 5.34. The zero-order chi connectivity index (χ0) is 13.1. The highest BCUT2D eigenvalue weighted by Crippen LogP contribution is 2.12. The van der Waals surface area contributed by atoms with Crippen LogP contribution in [0, 0.1) is 10.1 Å². The van der Waals surface area contributed by atoms with Gasteiger partial charge in [0.1, 0.15) is 0 Å². The molecule has 0 spiro atoms. The Balaban J connectivity index is 0.000000366. The molecule has 1 rings (SSSR count). The van der Waals surface area contributed by atoms with E-state index in [9.17, 15) is 10.1 Å². The Hall–Kier alpha value is -1.42. The summed E-state index contributed by atoms with van der Waals surface area (Å²) >= 11 is 0. The van der Waals surface area contributed by atoms with E-state index in [4.69, 9.17) is 0 Å². The molecule has 1 N–H and O–H groups in total. The standard InChI is InChI=1S/C8H9NO2.C5H13N/c1-2-7-4-3-5-8(6-7)9(10)11;1-3-5-6-4-2/h3-6H,2H2,1H3;6H,3-5H2,1-2H3. The summed E-state index contributed by atoms with van der Waals surface area (Å²) in [7, 11) is 0. The average molecular weight is 238 g/mol. The van der Waals surface area contributed by atoms with Crippen LogP contribution >= 0.6 is 0 Å². The Labute approximate surface area is 103 Å². The molecule has 0 aliphatic rings. The third-order valence-electron chi connectivity index (χ3n) is 2.21. The third-order valence-corrected chi connectivity index (χ3v) is 2.21. The van der Waals surface area contributed by atoms with Gasteiger partial charge in [0.15, 0.2) is 0 Å². The molecule has 0 aromatic heterocycles. The molecule has 1 aromatic rings. The molecular weight excluding hydrogens is 216 g/mol. The van der Waals surface area contributed by atoms with Crippen molar-refractivity contribution in [2.45, 2.75) is 33.6 Å². The summed E-state index contributed by atoms with van der Waals surface area (Å²) < 4.78 is 0. The smallest absolute Gasteiger partial charge is 0.269 e. The lowest BCUT2D eigenvalue weighted by Crippen LogP contribution is -2.12. The van der Waals surface area contributed by atoms with E-state index in [1.165, 1.54) is 12.5 Å². The first-order chi connectivity index (χ1) is 8.15. The number of nitro groups is 1. The summed E-state index contributed by atoms with van der Waals surface area (Å²) in [4.78, 5) is 9.90. The van der Waals surface area contributed by atoms with Crippen LogP contribution in [0.1, 0.15) is 32.8 Å². The molecule has 0 atom stereocenters. The van der Waals surface area contributed by atoms with Crippen LogP contribution in [0.25, 0.3) is 0 Å². The van der Waals surface area contributed by atoms with Gasteiger partial charge in [0.2, 0.25) is 0 Å².